The quantitative estimate of drug-likeness (QED) is 0.805. The monoisotopic (exact) mass is 294 g/mol. The predicted molar refractivity (Wildman–Crippen MR) is 92.6 cm³/mol. The van der Waals surface area contributed by atoms with Crippen LogP contribution in [0.25, 0.3) is 0 Å². The molecule has 124 valence electrons. The highest BCUT2D eigenvalue weighted by atomic mass is 15.2. The maximum Gasteiger partial charge on any atom is 0.0250 e. The molecule has 0 spiro atoms. The van der Waals surface area contributed by atoms with E-state index in [9.17, 15) is 0 Å². The molecule has 0 aromatic carbocycles. The molecule has 2 unspecified atom stereocenters. The Hall–Kier alpha value is -0.0800. The van der Waals surface area contributed by atoms with E-state index in [1.807, 2.05) is 0 Å². The largest absolute Gasteiger partial charge is 0.326 e. The van der Waals surface area contributed by atoms with Crippen molar-refractivity contribution >= 4 is 0 Å². The molecule has 0 bridgehead atoms. The van der Waals surface area contributed by atoms with Gasteiger partial charge in [-0.1, -0.05) is 71.1 Å². The van der Waals surface area contributed by atoms with Gasteiger partial charge in [0.2, 0.25) is 0 Å². The van der Waals surface area contributed by atoms with Crippen LogP contribution < -0.4 is 5.73 Å². The van der Waals surface area contributed by atoms with E-state index in [0.717, 1.165) is 6.04 Å². The molecular weight excluding hydrogens is 256 g/mol. The van der Waals surface area contributed by atoms with Gasteiger partial charge in [0.15, 0.2) is 0 Å². The molecule has 2 rings (SSSR count). The summed E-state index contributed by atoms with van der Waals surface area (Å²) in [7, 11) is 0. The Balaban J connectivity index is 1.95. The van der Waals surface area contributed by atoms with Gasteiger partial charge in [0.25, 0.3) is 0 Å². The van der Waals surface area contributed by atoms with Gasteiger partial charge in [-0.2, -0.15) is 0 Å². The van der Waals surface area contributed by atoms with Crippen molar-refractivity contribution in [2.24, 2.45) is 5.73 Å². The molecule has 0 aromatic heterocycles. The van der Waals surface area contributed by atoms with E-state index in [4.69, 9.17) is 5.73 Å². The number of rotatable bonds is 3. The molecule has 0 heterocycles. The summed E-state index contributed by atoms with van der Waals surface area (Å²) < 4.78 is 0. The maximum atomic E-state index is 6.66. The fraction of sp³-hybridized carbons (Fsp3) is 1.00. The minimum Gasteiger partial charge on any atom is -0.326 e. The van der Waals surface area contributed by atoms with Crippen LogP contribution in [-0.2, 0) is 0 Å². The Bertz CT molecular complexity index is 260. The van der Waals surface area contributed by atoms with Crippen molar-refractivity contribution in [3.05, 3.63) is 0 Å². The van der Waals surface area contributed by atoms with Crippen molar-refractivity contribution in [3.8, 4) is 0 Å². The van der Waals surface area contributed by atoms with E-state index in [0.29, 0.717) is 12.1 Å². The van der Waals surface area contributed by atoms with E-state index >= 15 is 0 Å². The minimum atomic E-state index is 0.407. The molecule has 2 saturated carbocycles. The minimum absolute atomic E-state index is 0.407. The van der Waals surface area contributed by atoms with Crippen molar-refractivity contribution in [1.82, 2.24) is 4.90 Å². The lowest BCUT2D eigenvalue weighted by Crippen LogP contribution is -2.51. The van der Waals surface area contributed by atoms with Gasteiger partial charge in [0.1, 0.15) is 0 Å². The molecule has 0 saturated heterocycles. The van der Waals surface area contributed by atoms with Gasteiger partial charge >= 0.3 is 0 Å². The molecule has 0 aromatic rings. The Labute approximate surface area is 132 Å². The average molecular weight is 295 g/mol. The smallest absolute Gasteiger partial charge is 0.0250 e. The molecule has 2 aliphatic carbocycles. The lowest BCUT2D eigenvalue weighted by molar-refractivity contribution is 0.110. The lowest BCUT2D eigenvalue weighted by Gasteiger charge is -2.39. The van der Waals surface area contributed by atoms with Crippen LogP contribution in [0.1, 0.15) is 96.8 Å². The second-order valence-electron chi connectivity index (χ2n) is 7.41. The fourth-order valence-electron chi connectivity index (χ4n) is 4.61. The topological polar surface area (TPSA) is 29.3 Å². The molecule has 2 nitrogen and oxygen atoms in total. The summed E-state index contributed by atoms with van der Waals surface area (Å²) in [6.45, 7) is 3.55. The average Bonchev–Trinajstić information content (AvgIpc) is 3.00. The fourth-order valence-corrected chi connectivity index (χ4v) is 4.61. The highest BCUT2D eigenvalue weighted by Crippen LogP contribution is 2.28. The maximum absolute atomic E-state index is 6.66. The van der Waals surface area contributed by atoms with Crippen LogP contribution >= 0.6 is 0 Å². The van der Waals surface area contributed by atoms with Gasteiger partial charge in [-0.05, 0) is 32.2 Å². The van der Waals surface area contributed by atoms with E-state index in [2.05, 4.69) is 11.8 Å². The van der Waals surface area contributed by atoms with Crippen LogP contribution in [0.15, 0.2) is 0 Å². The second kappa shape index (κ2) is 9.84. The Morgan fingerprint density at radius 3 is 1.76 bits per heavy atom. The first-order valence-corrected chi connectivity index (χ1v) is 9.84. The van der Waals surface area contributed by atoms with Crippen molar-refractivity contribution < 1.29 is 0 Å². The Kier molecular flexibility index (Phi) is 8.10. The molecule has 2 atom stereocenters. The van der Waals surface area contributed by atoms with E-state index in [1.165, 1.54) is 96.4 Å². The number of nitrogens with zero attached hydrogens (tertiary/aromatic N) is 1. The van der Waals surface area contributed by atoms with E-state index in [-0.39, 0.29) is 0 Å². The Morgan fingerprint density at radius 1 is 0.714 bits per heavy atom. The summed E-state index contributed by atoms with van der Waals surface area (Å²) in [6, 6.07) is 1.89. The van der Waals surface area contributed by atoms with Crippen molar-refractivity contribution in [3.63, 3.8) is 0 Å². The molecule has 2 heteroatoms. The lowest BCUT2D eigenvalue weighted by atomic mass is 9.92. The summed E-state index contributed by atoms with van der Waals surface area (Å²) in [5.41, 5.74) is 6.66. The SMILES string of the molecule is CCN(C1CCCC1)C1CCCCCCCCCCC1N. The predicted octanol–water partition coefficient (Wildman–Crippen LogP) is 4.86. The molecule has 0 amide bonds. The standard InChI is InChI=1S/C19H38N2/c1-2-21(17-13-11-12-14-17)19-16-10-8-6-4-3-5-7-9-15-18(19)20/h17-19H,2-16,20H2,1H3. The van der Waals surface area contributed by atoms with Gasteiger partial charge < -0.3 is 5.73 Å². The second-order valence-corrected chi connectivity index (χ2v) is 7.41. The summed E-state index contributed by atoms with van der Waals surface area (Å²) >= 11 is 0. The number of hydrogen-bond acceptors (Lipinski definition) is 2. The van der Waals surface area contributed by atoms with Crippen molar-refractivity contribution in [2.45, 2.75) is 115 Å². The summed E-state index contributed by atoms with van der Waals surface area (Å²) in [5, 5.41) is 0. The molecule has 0 aliphatic heterocycles. The number of nitrogens with two attached hydrogens (primary N) is 1. The highest BCUT2D eigenvalue weighted by Gasteiger charge is 2.30. The van der Waals surface area contributed by atoms with Gasteiger partial charge in [0.05, 0.1) is 0 Å². The van der Waals surface area contributed by atoms with Crippen LogP contribution in [0.4, 0.5) is 0 Å². The molecule has 2 fully saturated rings. The molecule has 0 radical (unpaired) electrons. The van der Waals surface area contributed by atoms with Gasteiger partial charge in [-0.15, -0.1) is 0 Å². The van der Waals surface area contributed by atoms with Crippen LogP contribution in [-0.4, -0.2) is 29.6 Å². The van der Waals surface area contributed by atoms with Crippen LogP contribution in [0.2, 0.25) is 0 Å². The zero-order valence-corrected chi connectivity index (χ0v) is 14.4. The molecule has 2 N–H and O–H groups in total. The van der Waals surface area contributed by atoms with Crippen LogP contribution in [0.5, 0.6) is 0 Å². The first-order chi connectivity index (χ1) is 10.3. The third-order valence-electron chi connectivity index (χ3n) is 5.87. The Morgan fingerprint density at radius 2 is 1.19 bits per heavy atom. The van der Waals surface area contributed by atoms with Gasteiger partial charge in [0, 0.05) is 18.1 Å². The summed E-state index contributed by atoms with van der Waals surface area (Å²) in [4.78, 5) is 2.80. The zero-order chi connectivity index (χ0) is 14.9. The first-order valence-electron chi connectivity index (χ1n) is 9.84. The van der Waals surface area contributed by atoms with Crippen molar-refractivity contribution in [2.75, 3.05) is 6.54 Å². The zero-order valence-electron chi connectivity index (χ0n) is 14.4. The third-order valence-corrected chi connectivity index (χ3v) is 5.87. The number of hydrogen-bond donors (Lipinski definition) is 1. The summed E-state index contributed by atoms with van der Waals surface area (Å²) in [5.74, 6) is 0. The number of likely N-dealkylation sites (N-methyl/N-ethyl adjacent to an activating group) is 1. The van der Waals surface area contributed by atoms with E-state index < -0.39 is 0 Å². The van der Waals surface area contributed by atoms with E-state index in [1.54, 1.807) is 0 Å². The highest BCUT2D eigenvalue weighted by molar-refractivity contribution is 4.88. The normalized spacial score (nSPS) is 31.0. The molecule has 2 aliphatic rings. The van der Waals surface area contributed by atoms with Crippen molar-refractivity contribution in [1.29, 1.82) is 0 Å². The summed E-state index contributed by atoms with van der Waals surface area (Å²) in [6.07, 6.45) is 19.6. The van der Waals surface area contributed by atoms with Gasteiger partial charge in [-0.3, -0.25) is 4.90 Å². The molecule has 21 heavy (non-hydrogen) atoms. The van der Waals surface area contributed by atoms with Crippen LogP contribution in [0, 0.1) is 0 Å². The van der Waals surface area contributed by atoms with Crippen LogP contribution in [0.3, 0.4) is 0 Å². The first kappa shape index (κ1) is 17.3. The van der Waals surface area contributed by atoms with Gasteiger partial charge in [-0.25, -0.2) is 0 Å². The third kappa shape index (κ3) is 5.56. The molecular formula is C19H38N2.